The van der Waals surface area contributed by atoms with Crippen LogP contribution in [0, 0.1) is 6.92 Å². The molecule has 4 nitrogen and oxygen atoms in total. The number of thiophene rings is 1. The third-order valence-electron chi connectivity index (χ3n) is 3.88. The number of pyridine rings is 1. The van der Waals surface area contributed by atoms with Gasteiger partial charge in [-0.2, -0.15) is 11.3 Å². The fraction of sp³-hybridized carbons (Fsp3) is 0.375. The molecule has 1 amide bonds. The average Bonchev–Trinajstić information content (AvgIpc) is 3.00. The van der Waals surface area contributed by atoms with Crippen LogP contribution >= 0.6 is 11.3 Å². The summed E-state index contributed by atoms with van der Waals surface area (Å²) >= 11 is 1.64. The Morgan fingerprint density at radius 2 is 2.29 bits per heavy atom. The summed E-state index contributed by atoms with van der Waals surface area (Å²) in [5, 5.41) is 4.09. The van der Waals surface area contributed by atoms with Gasteiger partial charge in [0.05, 0.1) is 17.0 Å². The number of nitrogens with two attached hydrogens (primary N) is 1. The van der Waals surface area contributed by atoms with Crippen molar-refractivity contribution in [2.45, 2.75) is 25.8 Å². The summed E-state index contributed by atoms with van der Waals surface area (Å²) in [7, 11) is 0. The number of aromatic nitrogens is 1. The van der Waals surface area contributed by atoms with Crippen molar-refractivity contribution < 1.29 is 4.79 Å². The second kappa shape index (κ2) is 5.95. The van der Waals surface area contributed by atoms with E-state index < -0.39 is 0 Å². The number of hydrogen-bond donors (Lipinski definition) is 1. The summed E-state index contributed by atoms with van der Waals surface area (Å²) < 4.78 is 0. The molecule has 3 rings (SSSR count). The molecule has 1 fully saturated rings. The topological polar surface area (TPSA) is 59.2 Å². The molecule has 0 saturated carbocycles. The molecule has 0 radical (unpaired) electrons. The Morgan fingerprint density at radius 3 is 2.95 bits per heavy atom. The molecule has 1 atom stereocenters. The summed E-state index contributed by atoms with van der Waals surface area (Å²) in [4.78, 5) is 19.0. The molecule has 1 saturated heterocycles. The van der Waals surface area contributed by atoms with E-state index in [9.17, 15) is 4.79 Å². The number of amides is 1. The molecule has 2 aromatic rings. The summed E-state index contributed by atoms with van der Waals surface area (Å²) in [6, 6.07) is 5.95. The molecule has 2 N–H and O–H groups in total. The van der Waals surface area contributed by atoms with E-state index in [-0.39, 0.29) is 11.9 Å². The molecule has 0 aliphatic carbocycles. The second-order valence-corrected chi connectivity index (χ2v) is 6.27. The van der Waals surface area contributed by atoms with E-state index in [1.165, 1.54) is 0 Å². The summed E-state index contributed by atoms with van der Waals surface area (Å²) in [6.07, 6.45) is 1.98. The first-order chi connectivity index (χ1) is 10.1. The van der Waals surface area contributed by atoms with Crippen molar-refractivity contribution in [1.29, 1.82) is 0 Å². The fourth-order valence-electron chi connectivity index (χ4n) is 2.72. The van der Waals surface area contributed by atoms with E-state index in [0.29, 0.717) is 12.1 Å². The number of likely N-dealkylation sites (tertiary alicyclic amines) is 1. The smallest absolute Gasteiger partial charge is 0.255 e. The lowest BCUT2D eigenvalue weighted by Crippen LogP contribution is -2.45. The van der Waals surface area contributed by atoms with Gasteiger partial charge in [-0.3, -0.25) is 9.78 Å². The van der Waals surface area contributed by atoms with E-state index in [2.05, 4.69) is 10.4 Å². The lowest BCUT2D eigenvalue weighted by molar-refractivity contribution is 0.0707. The Balaban J connectivity index is 1.84. The Morgan fingerprint density at radius 1 is 1.43 bits per heavy atom. The van der Waals surface area contributed by atoms with Gasteiger partial charge in [0.1, 0.15) is 0 Å². The van der Waals surface area contributed by atoms with Gasteiger partial charge in [-0.25, -0.2) is 0 Å². The van der Waals surface area contributed by atoms with E-state index in [0.717, 1.165) is 36.3 Å². The normalized spacial score (nSPS) is 18.8. The molecule has 5 heteroatoms. The Bertz CT molecular complexity index is 639. The SMILES string of the molecule is Cc1nc(-c2ccsc2)ccc1C(=O)N1CCCC(N)C1. The van der Waals surface area contributed by atoms with Gasteiger partial charge >= 0.3 is 0 Å². The zero-order valence-electron chi connectivity index (χ0n) is 12.1. The van der Waals surface area contributed by atoms with E-state index >= 15 is 0 Å². The molecule has 110 valence electrons. The highest BCUT2D eigenvalue weighted by molar-refractivity contribution is 7.08. The fourth-order valence-corrected chi connectivity index (χ4v) is 3.37. The molecular weight excluding hydrogens is 282 g/mol. The van der Waals surface area contributed by atoms with Crippen LogP contribution in [-0.4, -0.2) is 34.9 Å². The van der Waals surface area contributed by atoms with Crippen molar-refractivity contribution in [2.75, 3.05) is 13.1 Å². The zero-order chi connectivity index (χ0) is 14.8. The first kappa shape index (κ1) is 14.2. The molecule has 3 heterocycles. The van der Waals surface area contributed by atoms with E-state index in [1.54, 1.807) is 11.3 Å². The Kier molecular flexibility index (Phi) is 4.03. The Labute approximate surface area is 128 Å². The zero-order valence-corrected chi connectivity index (χ0v) is 12.9. The van der Waals surface area contributed by atoms with Gasteiger partial charge in [0.2, 0.25) is 0 Å². The largest absolute Gasteiger partial charge is 0.337 e. The number of hydrogen-bond acceptors (Lipinski definition) is 4. The molecule has 0 bridgehead atoms. The van der Waals surface area contributed by atoms with Crippen LogP contribution in [0.5, 0.6) is 0 Å². The van der Waals surface area contributed by atoms with Crippen LogP contribution in [0.1, 0.15) is 28.9 Å². The van der Waals surface area contributed by atoms with Crippen LogP contribution in [0.3, 0.4) is 0 Å². The van der Waals surface area contributed by atoms with Crippen molar-refractivity contribution in [3.05, 3.63) is 40.2 Å². The molecule has 0 spiro atoms. The monoisotopic (exact) mass is 301 g/mol. The van der Waals surface area contributed by atoms with E-state index in [4.69, 9.17) is 5.73 Å². The minimum Gasteiger partial charge on any atom is -0.337 e. The van der Waals surface area contributed by atoms with Crippen LogP contribution in [-0.2, 0) is 0 Å². The van der Waals surface area contributed by atoms with Gasteiger partial charge in [-0.15, -0.1) is 0 Å². The third kappa shape index (κ3) is 2.99. The molecule has 2 aromatic heterocycles. The van der Waals surface area contributed by atoms with Gasteiger partial charge in [0, 0.05) is 30.1 Å². The minimum atomic E-state index is 0.0482. The molecule has 0 aromatic carbocycles. The standard InChI is InChI=1S/C16H19N3OS/c1-11-14(16(20)19-7-2-3-13(17)9-19)4-5-15(18-11)12-6-8-21-10-12/h4-6,8,10,13H,2-3,7,9,17H2,1H3. The summed E-state index contributed by atoms with van der Waals surface area (Å²) in [5.74, 6) is 0.0482. The maximum atomic E-state index is 12.6. The predicted molar refractivity (Wildman–Crippen MR) is 85.4 cm³/mol. The third-order valence-corrected chi connectivity index (χ3v) is 4.56. The average molecular weight is 301 g/mol. The molecule has 21 heavy (non-hydrogen) atoms. The number of aryl methyl sites for hydroxylation is 1. The van der Waals surface area contributed by atoms with Crippen molar-refractivity contribution >= 4 is 17.2 Å². The predicted octanol–water partition coefficient (Wildman–Crippen LogP) is 2.68. The number of rotatable bonds is 2. The second-order valence-electron chi connectivity index (χ2n) is 5.49. The quantitative estimate of drug-likeness (QED) is 0.927. The first-order valence-corrected chi connectivity index (χ1v) is 8.14. The van der Waals surface area contributed by atoms with Crippen LogP contribution in [0.2, 0.25) is 0 Å². The lowest BCUT2D eigenvalue weighted by Gasteiger charge is -2.31. The van der Waals surface area contributed by atoms with Gasteiger partial charge in [0.25, 0.3) is 5.91 Å². The van der Waals surface area contributed by atoms with Crippen LogP contribution in [0.25, 0.3) is 11.3 Å². The maximum absolute atomic E-state index is 12.6. The number of carbonyl (C=O) groups is 1. The van der Waals surface area contributed by atoms with Crippen LogP contribution in [0.4, 0.5) is 0 Å². The van der Waals surface area contributed by atoms with Crippen molar-refractivity contribution in [3.63, 3.8) is 0 Å². The van der Waals surface area contributed by atoms with E-state index in [1.807, 2.05) is 35.4 Å². The van der Waals surface area contributed by atoms with Crippen LogP contribution < -0.4 is 5.73 Å². The maximum Gasteiger partial charge on any atom is 0.255 e. The van der Waals surface area contributed by atoms with Gasteiger partial charge in [-0.1, -0.05) is 0 Å². The van der Waals surface area contributed by atoms with Gasteiger partial charge in [0.15, 0.2) is 0 Å². The number of piperidine rings is 1. The molecule has 1 aliphatic heterocycles. The molecule has 1 unspecified atom stereocenters. The highest BCUT2D eigenvalue weighted by atomic mass is 32.1. The molecular formula is C16H19N3OS. The first-order valence-electron chi connectivity index (χ1n) is 7.20. The summed E-state index contributed by atoms with van der Waals surface area (Å²) in [6.45, 7) is 3.33. The van der Waals surface area contributed by atoms with Gasteiger partial charge in [-0.05, 0) is 43.3 Å². The molecule has 1 aliphatic rings. The number of carbonyl (C=O) groups excluding carboxylic acids is 1. The van der Waals surface area contributed by atoms with Crippen molar-refractivity contribution in [1.82, 2.24) is 9.88 Å². The number of nitrogens with zero attached hydrogens (tertiary/aromatic N) is 2. The summed E-state index contributed by atoms with van der Waals surface area (Å²) in [5.41, 5.74) is 9.44. The highest BCUT2D eigenvalue weighted by Crippen LogP contribution is 2.22. The van der Waals surface area contributed by atoms with Crippen molar-refractivity contribution in [2.24, 2.45) is 5.73 Å². The van der Waals surface area contributed by atoms with Gasteiger partial charge < -0.3 is 10.6 Å². The van der Waals surface area contributed by atoms with Crippen LogP contribution in [0.15, 0.2) is 29.0 Å². The Hall–Kier alpha value is -1.72. The van der Waals surface area contributed by atoms with Crippen molar-refractivity contribution in [3.8, 4) is 11.3 Å². The lowest BCUT2D eigenvalue weighted by atomic mass is 10.0. The minimum absolute atomic E-state index is 0.0482. The highest BCUT2D eigenvalue weighted by Gasteiger charge is 2.23.